The molecule has 4 aliphatic rings. The molecule has 0 amide bonds. The van der Waals surface area contributed by atoms with Crippen molar-refractivity contribution in [1.82, 2.24) is 14.1 Å². The molecular weight excluding hydrogens is 1130 g/mol. The van der Waals surface area contributed by atoms with Crippen molar-refractivity contribution in [3.8, 4) is 73.2 Å². The molecular formula is C72H48N4OPt-2. The summed E-state index contributed by atoms with van der Waals surface area (Å²) in [4.78, 5) is 4.89. The topological polar surface area (TPSA) is 35.9 Å². The first-order valence-corrected chi connectivity index (χ1v) is 26.6. The molecule has 0 unspecified atom stereocenters. The van der Waals surface area contributed by atoms with Gasteiger partial charge < -0.3 is 13.9 Å². The van der Waals surface area contributed by atoms with Crippen LogP contribution in [0, 0.1) is 18.5 Å². The number of hydrogen-bond acceptors (Lipinski definition) is 2. The van der Waals surface area contributed by atoms with Crippen LogP contribution in [-0.4, -0.2) is 14.1 Å². The van der Waals surface area contributed by atoms with E-state index in [2.05, 4.69) is 253 Å². The summed E-state index contributed by atoms with van der Waals surface area (Å²) in [5.74, 6) is 2.41. The van der Waals surface area contributed by atoms with Crippen molar-refractivity contribution in [2.24, 2.45) is 0 Å². The molecule has 0 N–H and O–H groups in total. The monoisotopic (exact) mass is 1180 g/mol. The van der Waals surface area contributed by atoms with Gasteiger partial charge >= 0.3 is 0 Å². The van der Waals surface area contributed by atoms with Crippen molar-refractivity contribution in [2.75, 3.05) is 0 Å². The van der Waals surface area contributed by atoms with Crippen LogP contribution >= 0.6 is 0 Å². The predicted octanol–water partition coefficient (Wildman–Crippen LogP) is 16.9. The first-order chi connectivity index (χ1) is 37.8. The Morgan fingerprint density at radius 1 is 0.487 bits per heavy atom. The molecule has 78 heavy (non-hydrogen) atoms. The van der Waals surface area contributed by atoms with E-state index in [-0.39, 0.29) is 38.3 Å². The van der Waals surface area contributed by atoms with Crippen LogP contribution in [0.4, 0.5) is 0 Å². The van der Waals surface area contributed by atoms with E-state index in [1.54, 1.807) is 0 Å². The minimum absolute atomic E-state index is 0. The molecule has 6 heteroatoms. The first kappa shape index (κ1) is 46.4. The Kier molecular flexibility index (Phi) is 10.5. The van der Waals surface area contributed by atoms with Crippen molar-refractivity contribution < 1.29 is 30.4 Å². The molecule has 5 nitrogen and oxygen atoms in total. The Morgan fingerprint density at radius 3 is 1.90 bits per heavy atom. The molecule has 0 fully saturated rings. The summed E-state index contributed by atoms with van der Waals surface area (Å²) >= 11 is 0. The number of nitrogens with zero attached hydrogens (tertiary/aromatic N) is 4. The van der Waals surface area contributed by atoms with Crippen LogP contribution < -0.4 is 9.30 Å². The van der Waals surface area contributed by atoms with E-state index in [9.17, 15) is 0 Å². The maximum atomic E-state index is 6.74. The summed E-state index contributed by atoms with van der Waals surface area (Å²) in [6.45, 7) is 6.69. The molecule has 0 spiro atoms. The quantitative estimate of drug-likeness (QED) is 0.127. The van der Waals surface area contributed by atoms with E-state index < -0.39 is 0 Å². The largest absolute Gasteiger partial charge is 0.510 e. The number of fused-ring (bicyclic) bond motifs is 10. The van der Waals surface area contributed by atoms with Crippen LogP contribution in [0.1, 0.15) is 71.6 Å². The molecule has 10 aromatic carbocycles. The van der Waals surface area contributed by atoms with Crippen LogP contribution in [0.3, 0.4) is 0 Å². The zero-order valence-electron chi connectivity index (χ0n) is 43.0. The smallest absolute Gasteiger partial charge is 0.268 e. The molecule has 0 saturated carbocycles. The summed E-state index contributed by atoms with van der Waals surface area (Å²) in [5, 5.41) is 2.22. The summed E-state index contributed by atoms with van der Waals surface area (Å²) in [5.41, 5.74) is 25.0. The molecule has 0 saturated heterocycles. The van der Waals surface area contributed by atoms with E-state index >= 15 is 0 Å². The maximum Gasteiger partial charge on any atom is 0.268 e. The van der Waals surface area contributed by atoms with Gasteiger partial charge in [-0.3, -0.25) is 4.57 Å². The van der Waals surface area contributed by atoms with Gasteiger partial charge in [-0.2, -0.15) is 18.2 Å². The number of imidazole rings is 1. The third-order valence-electron chi connectivity index (χ3n) is 16.5. The van der Waals surface area contributed by atoms with Crippen molar-refractivity contribution >= 4 is 32.8 Å². The average Bonchev–Trinajstić information content (AvgIpc) is 4.16. The van der Waals surface area contributed by atoms with Gasteiger partial charge in [0.2, 0.25) is 0 Å². The van der Waals surface area contributed by atoms with Gasteiger partial charge in [0, 0.05) is 56.1 Å². The average molecular weight is 1180 g/mol. The van der Waals surface area contributed by atoms with Crippen LogP contribution in [-0.2, 0) is 26.5 Å². The van der Waals surface area contributed by atoms with Gasteiger partial charge in [0.15, 0.2) is 0 Å². The van der Waals surface area contributed by atoms with Crippen molar-refractivity contribution in [2.45, 2.75) is 38.0 Å². The SMILES string of the molecule is CC(C)(C)c1ccnc(-n2c3[c-]c(Oc4[c-]c(-n5[c-][n+]6c7c(cccc75)-c5ccccc5-c5c(-c7ccc8c(c7)C7c9ccccc9C8c8ccccc87)cccc5-c5ccccc5-6)ccc4)ccc3c3ccccc32)c1.[Pt]. The number of benzene rings is 10. The summed E-state index contributed by atoms with van der Waals surface area (Å²) in [6.07, 6.45) is 5.78. The fraction of sp³-hybridized carbons (Fsp3) is 0.0833. The van der Waals surface area contributed by atoms with E-state index in [0.29, 0.717) is 11.5 Å². The van der Waals surface area contributed by atoms with E-state index in [0.717, 1.165) is 66.7 Å². The Labute approximate surface area is 467 Å². The third kappa shape index (κ3) is 6.90. The van der Waals surface area contributed by atoms with Crippen LogP contribution in [0.2, 0.25) is 0 Å². The fourth-order valence-electron chi connectivity index (χ4n) is 13.1. The molecule has 0 radical (unpaired) electrons. The number of para-hydroxylation sites is 3. The van der Waals surface area contributed by atoms with Crippen molar-refractivity contribution in [3.05, 3.63) is 282 Å². The minimum atomic E-state index is -0.0377. The predicted molar refractivity (Wildman–Crippen MR) is 309 cm³/mol. The first-order valence-electron chi connectivity index (χ1n) is 26.6. The van der Waals surface area contributed by atoms with E-state index in [4.69, 9.17) is 9.72 Å². The second kappa shape index (κ2) is 17.6. The van der Waals surface area contributed by atoms with Gasteiger partial charge in [-0.15, -0.1) is 29.7 Å². The molecule has 374 valence electrons. The maximum absolute atomic E-state index is 6.74. The third-order valence-corrected chi connectivity index (χ3v) is 16.5. The number of pyridine rings is 1. The normalized spacial score (nSPS) is 14.5. The zero-order valence-corrected chi connectivity index (χ0v) is 45.3. The number of rotatable bonds is 5. The van der Waals surface area contributed by atoms with Crippen LogP contribution in [0.25, 0.3) is 94.5 Å². The van der Waals surface area contributed by atoms with E-state index in [1.807, 2.05) is 24.4 Å². The van der Waals surface area contributed by atoms with Gasteiger partial charge in [-0.25, -0.2) is 4.98 Å². The summed E-state index contributed by atoms with van der Waals surface area (Å²) in [6, 6.07) is 87.0. The number of ether oxygens (including phenoxy) is 1. The Balaban J connectivity index is 0.00000529. The Morgan fingerprint density at radius 2 is 1.10 bits per heavy atom. The molecule has 13 aromatic rings. The van der Waals surface area contributed by atoms with Gasteiger partial charge in [-0.1, -0.05) is 184 Å². The van der Waals surface area contributed by atoms with Gasteiger partial charge in [0.1, 0.15) is 5.82 Å². The molecule has 3 aliphatic carbocycles. The van der Waals surface area contributed by atoms with Crippen LogP contribution in [0.5, 0.6) is 11.5 Å². The van der Waals surface area contributed by atoms with Crippen molar-refractivity contribution in [1.29, 1.82) is 0 Å². The Hall–Kier alpha value is -8.89. The number of aromatic nitrogens is 4. The molecule has 4 heterocycles. The molecule has 2 bridgehead atoms. The fourth-order valence-corrected chi connectivity index (χ4v) is 13.1. The number of hydrogen-bond donors (Lipinski definition) is 0. The molecule has 0 atom stereocenters. The zero-order chi connectivity index (χ0) is 51.1. The summed E-state index contributed by atoms with van der Waals surface area (Å²) < 4.78 is 13.3. The van der Waals surface area contributed by atoms with Gasteiger partial charge in [-0.05, 0) is 130 Å². The van der Waals surface area contributed by atoms with Gasteiger partial charge in [0.05, 0.1) is 16.7 Å². The second-order valence-electron chi connectivity index (χ2n) is 21.8. The molecule has 3 aromatic heterocycles. The molecule has 1 aliphatic heterocycles. The minimum Gasteiger partial charge on any atom is -0.510 e. The van der Waals surface area contributed by atoms with Crippen molar-refractivity contribution in [3.63, 3.8) is 0 Å². The van der Waals surface area contributed by atoms with Gasteiger partial charge in [0.25, 0.3) is 6.33 Å². The molecule has 17 rings (SSSR count). The summed E-state index contributed by atoms with van der Waals surface area (Å²) in [7, 11) is 0. The van der Waals surface area contributed by atoms with E-state index in [1.165, 1.54) is 66.8 Å². The van der Waals surface area contributed by atoms with Crippen LogP contribution in [0.15, 0.2) is 225 Å². The standard InChI is InChI=1S/C72H48N4O.Pt/c1-72(2,3)45-37-38-73-67(40-45)76-64-31-13-11-20-51(64)53-36-34-48(42-66(53)76)77-47-18-14-17-46(41-47)74-43-75-63-30-12-10-21-52(63)55-28-15-27-49(68(55)54-22-5-4-19-50(54)61-29-16-32-65(74)71(61)75)44-33-35-60-62(39-44)70-58-25-8-6-23-56(58)69(60)57-24-7-9-26-59(57)70;/h4-40,69-70H,1-3H3;/q-2;. The second-order valence-corrected chi connectivity index (χ2v) is 21.8. The Bertz CT molecular complexity index is 4580.